The number of hydrogen-bond donors (Lipinski definition) is 1. The number of aliphatic carboxylic acids is 1. The van der Waals surface area contributed by atoms with Crippen LogP contribution in [-0.4, -0.2) is 26.0 Å². The number of carboxylic acids is 1. The van der Waals surface area contributed by atoms with Gasteiger partial charge in [0.1, 0.15) is 12.4 Å². The molecule has 0 bridgehead atoms. The molecule has 2 aromatic carbocycles. The molecule has 0 aromatic heterocycles. The van der Waals surface area contributed by atoms with Gasteiger partial charge in [-0.1, -0.05) is 12.1 Å². The molecule has 0 spiro atoms. The molecule has 0 saturated heterocycles. The molecule has 0 amide bonds. The molecule has 2 aromatic rings. The van der Waals surface area contributed by atoms with Crippen LogP contribution < -0.4 is 4.31 Å². The molecule has 2 rings (SSSR count). The van der Waals surface area contributed by atoms with Crippen LogP contribution in [0.2, 0.25) is 0 Å². The minimum Gasteiger partial charge on any atom is -0.480 e. The summed E-state index contributed by atoms with van der Waals surface area (Å²) < 4.78 is 39.0. The summed E-state index contributed by atoms with van der Waals surface area (Å²) in [5.74, 6) is -1.86. The normalized spacial score (nSPS) is 11.2. The minimum atomic E-state index is -4.10. The second kappa shape index (κ2) is 6.15. The Kier molecular flexibility index (Phi) is 4.46. The van der Waals surface area contributed by atoms with Crippen molar-refractivity contribution in [2.45, 2.75) is 11.8 Å². The van der Waals surface area contributed by atoms with Crippen LogP contribution in [0, 0.1) is 12.7 Å². The van der Waals surface area contributed by atoms with Gasteiger partial charge in [-0.25, -0.2) is 12.8 Å². The van der Waals surface area contributed by atoms with Crippen LogP contribution in [0.15, 0.2) is 53.4 Å². The Balaban J connectivity index is 2.53. The quantitative estimate of drug-likeness (QED) is 0.917. The maximum Gasteiger partial charge on any atom is 0.324 e. The first-order valence-corrected chi connectivity index (χ1v) is 7.81. The Bertz CT molecular complexity index is 787. The molecule has 22 heavy (non-hydrogen) atoms. The molecule has 0 saturated carbocycles. The van der Waals surface area contributed by atoms with Gasteiger partial charge in [-0.2, -0.15) is 0 Å². The SMILES string of the molecule is Cc1cccc(N(CC(=O)O)S(=O)(=O)c2ccc(F)cc2)c1. The third-order valence-corrected chi connectivity index (χ3v) is 4.76. The third-order valence-electron chi connectivity index (χ3n) is 2.97. The van der Waals surface area contributed by atoms with Crippen molar-refractivity contribution < 1.29 is 22.7 Å². The van der Waals surface area contributed by atoms with E-state index in [1.807, 2.05) is 0 Å². The Morgan fingerprint density at radius 1 is 1.18 bits per heavy atom. The first-order valence-electron chi connectivity index (χ1n) is 6.37. The first kappa shape index (κ1) is 16.0. The second-order valence-electron chi connectivity index (χ2n) is 4.70. The lowest BCUT2D eigenvalue weighted by Crippen LogP contribution is -2.35. The monoisotopic (exact) mass is 323 g/mol. The van der Waals surface area contributed by atoms with Crippen LogP contribution in [0.25, 0.3) is 0 Å². The van der Waals surface area contributed by atoms with Crippen LogP contribution in [0.5, 0.6) is 0 Å². The van der Waals surface area contributed by atoms with Crippen LogP contribution in [0.1, 0.15) is 5.56 Å². The zero-order valence-electron chi connectivity index (χ0n) is 11.7. The Morgan fingerprint density at radius 2 is 1.82 bits per heavy atom. The van der Waals surface area contributed by atoms with Gasteiger partial charge in [0, 0.05) is 0 Å². The van der Waals surface area contributed by atoms with E-state index >= 15 is 0 Å². The fraction of sp³-hybridized carbons (Fsp3) is 0.133. The van der Waals surface area contributed by atoms with E-state index in [0.29, 0.717) is 0 Å². The van der Waals surface area contributed by atoms with Crippen LogP contribution >= 0.6 is 0 Å². The average Bonchev–Trinajstić information content (AvgIpc) is 2.45. The summed E-state index contributed by atoms with van der Waals surface area (Å²) in [7, 11) is -4.10. The molecule has 7 heteroatoms. The van der Waals surface area contributed by atoms with Gasteiger partial charge < -0.3 is 5.11 Å². The molecule has 116 valence electrons. The molecule has 0 aliphatic carbocycles. The number of rotatable bonds is 5. The van der Waals surface area contributed by atoms with Crippen LogP contribution in [0.4, 0.5) is 10.1 Å². The van der Waals surface area contributed by atoms with Crippen molar-refractivity contribution in [2.75, 3.05) is 10.8 Å². The summed E-state index contributed by atoms with van der Waals surface area (Å²) in [5.41, 5.74) is 1.04. The standard InChI is InChI=1S/C15H14FNO4S/c1-11-3-2-4-13(9-11)17(10-15(18)19)22(20,21)14-7-5-12(16)6-8-14/h2-9H,10H2,1H3,(H,18,19). The van der Waals surface area contributed by atoms with Crippen LogP contribution in [0.3, 0.4) is 0 Å². The minimum absolute atomic E-state index is 0.170. The van der Waals surface area contributed by atoms with E-state index in [1.54, 1.807) is 25.1 Å². The second-order valence-corrected chi connectivity index (χ2v) is 6.56. The van der Waals surface area contributed by atoms with E-state index in [-0.39, 0.29) is 10.6 Å². The van der Waals surface area contributed by atoms with Crippen molar-refractivity contribution in [1.29, 1.82) is 0 Å². The summed E-state index contributed by atoms with van der Waals surface area (Å²) in [6, 6.07) is 10.7. The van der Waals surface area contributed by atoms with E-state index in [0.717, 1.165) is 34.1 Å². The summed E-state index contributed by atoms with van der Waals surface area (Å²) in [6.45, 7) is 1.05. The fourth-order valence-electron chi connectivity index (χ4n) is 1.95. The van der Waals surface area contributed by atoms with E-state index in [9.17, 15) is 17.6 Å². The molecule has 0 radical (unpaired) electrons. The number of anilines is 1. The maximum atomic E-state index is 13.0. The third kappa shape index (κ3) is 3.43. The molecule has 0 atom stereocenters. The number of hydrogen-bond acceptors (Lipinski definition) is 3. The number of aryl methyl sites for hydroxylation is 1. The highest BCUT2D eigenvalue weighted by Gasteiger charge is 2.27. The van der Waals surface area contributed by atoms with Gasteiger partial charge in [0.2, 0.25) is 0 Å². The molecule has 5 nitrogen and oxygen atoms in total. The highest BCUT2D eigenvalue weighted by Crippen LogP contribution is 2.24. The van der Waals surface area contributed by atoms with E-state index < -0.39 is 28.4 Å². The van der Waals surface area contributed by atoms with Gasteiger partial charge in [-0.05, 0) is 48.9 Å². The van der Waals surface area contributed by atoms with Crippen LogP contribution in [-0.2, 0) is 14.8 Å². The summed E-state index contributed by atoms with van der Waals surface area (Å²) in [4.78, 5) is 10.9. The highest BCUT2D eigenvalue weighted by atomic mass is 32.2. The van der Waals surface area contributed by atoms with E-state index in [2.05, 4.69) is 0 Å². The zero-order valence-corrected chi connectivity index (χ0v) is 12.5. The number of nitrogens with zero attached hydrogens (tertiary/aromatic N) is 1. The fourth-order valence-corrected chi connectivity index (χ4v) is 3.36. The van der Waals surface area contributed by atoms with Crippen molar-refractivity contribution >= 4 is 21.7 Å². The number of carbonyl (C=O) groups is 1. The zero-order chi connectivity index (χ0) is 16.3. The van der Waals surface area contributed by atoms with Gasteiger partial charge in [0.25, 0.3) is 10.0 Å². The Hall–Kier alpha value is -2.41. The van der Waals surface area contributed by atoms with Gasteiger partial charge in [-0.15, -0.1) is 0 Å². The average molecular weight is 323 g/mol. The van der Waals surface area contributed by atoms with Crippen molar-refractivity contribution in [3.63, 3.8) is 0 Å². The van der Waals surface area contributed by atoms with Gasteiger partial charge >= 0.3 is 5.97 Å². The van der Waals surface area contributed by atoms with Crippen molar-refractivity contribution in [2.24, 2.45) is 0 Å². The Morgan fingerprint density at radius 3 is 2.36 bits per heavy atom. The molecule has 0 heterocycles. The predicted molar refractivity (Wildman–Crippen MR) is 79.7 cm³/mol. The maximum absolute atomic E-state index is 13.0. The van der Waals surface area contributed by atoms with Crippen molar-refractivity contribution in [3.8, 4) is 0 Å². The molecular formula is C15H14FNO4S. The topological polar surface area (TPSA) is 74.7 Å². The number of carboxylic acid groups (broad SMARTS) is 1. The highest BCUT2D eigenvalue weighted by molar-refractivity contribution is 7.92. The molecule has 1 N–H and O–H groups in total. The smallest absolute Gasteiger partial charge is 0.324 e. The number of benzene rings is 2. The van der Waals surface area contributed by atoms with Crippen molar-refractivity contribution in [1.82, 2.24) is 0 Å². The van der Waals surface area contributed by atoms with E-state index in [1.165, 1.54) is 6.07 Å². The number of halogens is 1. The largest absolute Gasteiger partial charge is 0.480 e. The van der Waals surface area contributed by atoms with Gasteiger partial charge in [0.05, 0.1) is 10.6 Å². The first-order chi connectivity index (χ1) is 10.3. The van der Waals surface area contributed by atoms with Gasteiger partial charge in [0.15, 0.2) is 0 Å². The molecule has 0 fully saturated rings. The lowest BCUT2D eigenvalue weighted by atomic mass is 10.2. The lowest BCUT2D eigenvalue weighted by Gasteiger charge is -2.23. The van der Waals surface area contributed by atoms with Crippen molar-refractivity contribution in [3.05, 3.63) is 59.9 Å². The Labute approximate surface area is 127 Å². The summed E-state index contributed by atoms with van der Waals surface area (Å²) >= 11 is 0. The van der Waals surface area contributed by atoms with E-state index in [4.69, 9.17) is 5.11 Å². The molecular weight excluding hydrogens is 309 g/mol. The molecule has 0 unspecified atom stereocenters. The lowest BCUT2D eigenvalue weighted by molar-refractivity contribution is -0.135. The predicted octanol–water partition coefficient (Wildman–Crippen LogP) is 2.41. The summed E-state index contributed by atoms with van der Waals surface area (Å²) in [6.07, 6.45) is 0. The molecule has 0 aliphatic rings. The van der Waals surface area contributed by atoms with Gasteiger partial charge in [-0.3, -0.25) is 9.10 Å². The molecule has 0 aliphatic heterocycles. The number of sulfonamides is 1. The summed E-state index contributed by atoms with van der Waals surface area (Å²) in [5, 5.41) is 9.00.